The number of carbonyl (C=O) groups excluding carboxylic acids is 1. The van der Waals surface area contributed by atoms with Crippen LogP contribution in [0.15, 0.2) is 42.5 Å². The number of carbonyl (C=O) groups is 1. The first kappa shape index (κ1) is 16.0. The average Bonchev–Trinajstić information content (AvgIpc) is 2.55. The summed E-state index contributed by atoms with van der Waals surface area (Å²) in [5.41, 5.74) is 0.877. The third kappa shape index (κ3) is 3.71. The van der Waals surface area contributed by atoms with Crippen LogP contribution in [0.3, 0.4) is 0 Å². The van der Waals surface area contributed by atoms with E-state index in [0.717, 1.165) is 29.4 Å². The Balaban J connectivity index is 1.71. The normalized spacial score (nSPS) is 22.2. The highest BCUT2D eigenvalue weighted by molar-refractivity contribution is 6.02. The van der Waals surface area contributed by atoms with E-state index in [9.17, 15) is 4.79 Å². The molecule has 23 heavy (non-hydrogen) atoms. The second-order valence-corrected chi connectivity index (χ2v) is 6.21. The lowest BCUT2D eigenvalue weighted by atomic mass is 10.1. The minimum Gasteiger partial charge on any atom is -0.376 e. The molecule has 1 aliphatic rings. The van der Waals surface area contributed by atoms with Crippen molar-refractivity contribution in [3.63, 3.8) is 0 Å². The SMILES string of the molecule is CC[C@@H]1CO[C@@H](C)CN1CC(=O)Nc1cccc2ccccc12. The van der Waals surface area contributed by atoms with E-state index in [2.05, 4.69) is 36.2 Å². The van der Waals surface area contributed by atoms with Crippen molar-refractivity contribution in [3.8, 4) is 0 Å². The summed E-state index contributed by atoms with van der Waals surface area (Å²) in [5, 5.41) is 5.28. The number of morpholine rings is 1. The first-order chi connectivity index (χ1) is 11.2. The predicted molar refractivity (Wildman–Crippen MR) is 93.6 cm³/mol. The van der Waals surface area contributed by atoms with Gasteiger partial charge in [-0.1, -0.05) is 43.3 Å². The van der Waals surface area contributed by atoms with Crippen molar-refractivity contribution in [2.45, 2.75) is 32.4 Å². The van der Waals surface area contributed by atoms with Gasteiger partial charge in [-0.15, -0.1) is 0 Å². The number of rotatable bonds is 4. The van der Waals surface area contributed by atoms with Crippen molar-refractivity contribution in [3.05, 3.63) is 42.5 Å². The first-order valence-electron chi connectivity index (χ1n) is 8.30. The Kier molecular flexibility index (Phi) is 4.94. The Morgan fingerprint density at radius 3 is 2.87 bits per heavy atom. The lowest BCUT2D eigenvalue weighted by Crippen LogP contribution is -2.51. The minimum absolute atomic E-state index is 0.0360. The molecule has 1 saturated heterocycles. The summed E-state index contributed by atoms with van der Waals surface area (Å²) in [5.74, 6) is 0.0360. The Bertz CT molecular complexity index is 681. The Morgan fingerprint density at radius 1 is 1.26 bits per heavy atom. The topological polar surface area (TPSA) is 41.6 Å². The Hall–Kier alpha value is -1.91. The molecule has 0 spiro atoms. The summed E-state index contributed by atoms with van der Waals surface area (Å²) in [6.07, 6.45) is 1.18. The highest BCUT2D eigenvalue weighted by Gasteiger charge is 2.27. The van der Waals surface area contributed by atoms with Gasteiger partial charge in [-0.05, 0) is 24.8 Å². The van der Waals surface area contributed by atoms with Crippen LogP contribution < -0.4 is 5.32 Å². The zero-order valence-electron chi connectivity index (χ0n) is 13.8. The van der Waals surface area contributed by atoms with E-state index in [1.807, 2.05) is 30.3 Å². The third-order valence-electron chi connectivity index (χ3n) is 4.46. The molecule has 0 saturated carbocycles. The van der Waals surface area contributed by atoms with Crippen LogP contribution in [-0.4, -0.2) is 42.6 Å². The monoisotopic (exact) mass is 312 g/mol. The number of hydrogen-bond donors (Lipinski definition) is 1. The zero-order chi connectivity index (χ0) is 16.2. The standard InChI is InChI=1S/C19H24N2O2/c1-3-16-13-23-14(2)11-21(16)12-19(22)20-18-10-6-8-15-7-4-5-9-17(15)18/h4-10,14,16H,3,11-13H2,1-2H3,(H,20,22)/t14-,16+/m0/s1. The van der Waals surface area contributed by atoms with Gasteiger partial charge in [-0.25, -0.2) is 0 Å². The number of nitrogens with zero attached hydrogens (tertiary/aromatic N) is 1. The van der Waals surface area contributed by atoms with Crippen LogP contribution in [0.4, 0.5) is 5.69 Å². The number of amides is 1. The molecule has 0 bridgehead atoms. The molecule has 0 aliphatic carbocycles. The molecule has 2 aromatic carbocycles. The highest BCUT2D eigenvalue weighted by atomic mass is 16.5. The fraction of sp³-hybridized carbons (Fsp3) is 0.421. The number of benzene rings is 2. The molecule has 2 aromatic rings. The summed E-state index contributed by atoms with van der Waals surface area (Å²) in [7, 11) is 0. The molecule has 1 aliphatic heterocycles. The molecular formula is C19H24N2O2. The van der Waals surface area contributed by atoms with Crippen molar-refractivity contribution in [1.82, 2.24) is 4.90 Å². The third-order valence-corrected chi connectivity index (χ3v) is 4.46. The van der Waals surface area contributed by atoms with Gasteiger partial charge >= 0.3 is 0 Å². The van der Waals surface area contributed by atoms with Crippen molar-refractivity contribution in [2.24, 2.45) is 0 Å². The number of fused-ring (bicyclic) bond motifs is 1. The molecule has 3 rings (SSSR count). The number of anilines is 1. The minimum atomic E-state index is 0.0360. The van der Waals surface area contributed by atoms with E-state index in [4.69, 9.17) is 4.74 Å². The number of ether oxygens (including phenoxy) is 1. The molecule has 4 nitrogen and oxygen atoms in total. The molecule has 4 heteroatoms. The summed E-state index contributed by atoms with van der Waals surface area (Å²) < 4.78 is 5.70. The Morgan fingerprint density at radius 2 is 2.04 bits per heavy atom. The van der Waals surface area contributed by atoms with Crippen LogP contribution in [0.5, 0.6) is 0 Å². The second kappa shape index (κ2) is 7.11. The van der Waals surface area contributed by atoms with E-state index in [1.165, 1.54) is 0 Å². The maximum Gasteiger partial charge on any atom is 0.238 e. The summed E-state index contributed by atoms with van der Waals surface area (Å²) in [4.78, 5) is 14.7. The van der Waals surface area contributed by atoms with Gasteiger partial charge in [-0.3, -0.25) is 9.69 Å². The molecule has 1 N–H and O–H groups in total. The molecule has 1 amide bonds. The van der Waals surface area contributed by atoms with Gasteiger partial charge in [0.25, 0.3) is 0 Å². The highest BCUT2D eigenvalue weighted by Crippen LogP contribution is 2.23. The summed E-state index contributed by atoms with van der Waals surface area (Å²) in [6.45, 7) is 6.12. The Labute approximate surface area is 137 Å². The van der Waals surface area contributed by atoms with Gasteiger partial charge in [0.2, 0.25) is 5.91 Å². The molecule has 122 valence electrons. The van der Waals surface area contributed by atoms with E-state index >= 15 is 0 Å². The summed E-state index contributed by atoms with van der Waals surface area (Å²) in [6, 6.07) is 14.4. The predicted octanol–water partition coefficient (Wildman–Crippen LogP) is 3.28. The molecular weight excluding hydrogens is 288 g/mol. The van der Waals surface area contributed by atoms with Gasteiger partial charge < -0.3 is 10.1 Å². The van der Waals surface area contributed by atoms with Crippen molar-refractivity contribution in [2.75, 3.05) is 25.0 Å². The summed E-state index contributed by atoms with van der Waals surface area (Å²) >= 11 is 0. The smallest absolute Gasteiger partial charge is 0.238 e. The lowest BCUT2D eigenvalue weighted by Gasteiger charge is -2.37. The molecule has 0 radical (unpaired) electrons. The fourth-order valence-corrected chi connectivity index (χ4v) is 3.19. The quantitative estimate of drug-likeness (QED) is 0.942. The van der Waals surface area contributed by atoms with Crippen LogP contribution in [0.2, 0.25) is 0 Å². The van der Waals surface area contributed by atoms with Crippen LogP contribution >= 0.6 is 0 Å². The van der Waals surface area contributed by atoms with Crippen LogP contribution in [-0.2, 0) is 9.53 Å². The molecule has 2 atom stereocenters. The van der Waals surface area contributed by atoms with Crippen molar-refractivity contribution >= 4 is 22.4 Å². The van der Waals surface area contributed by atoms with Crippen molar-refractivity contribution in [1.29, 1.82) is 0 Å². The van der Waals surface area contributed by atoms with Crippen LogP contribution in [0, 0.1) is 0 Å². The molecule has 0 aromatic heterocycles. The van der Waals surface area contributed by atoms with Gasteiger partial charge in [-0.2, -0.15) is 0 Å². The van der Waals surface area contributed by atoms with Gasteiger partial charge in [0.15, 0.2) is 0 Å². The maximum absolute atomic E-state index is 12.5. The largest absolute Gasteiger partial charge is 0.376 e. The van der Waals surface area contributed by atoms with E-state index < -0.39 is 0 Å². The first-order valence-corrected chi connectivity index (χ1v) is 8.30. The van der Waals surface area contributed by atoms with Gasteiger partial charge in [0.05, 0.1) is 19.3 Å². The van der Waals surface area contributed by atoms with E-state index in [1.54, 1.807) is 0 Å². The van der Waals surface area contributed by atoms with Gasteiger partial charge in [0.1, 0.15) is 0 Å². The van der Waals surface area contributed by atoms with Gasteiger partial charge in [0, 0.05) is 23.7 Å². The maximum atomic E-state index is 12.5. The zero-order valence-corrected chi connectivity index (χ0v) is 13.8. The molecule has 1 fully saturated rings. The van der Waals surface area contributed by atoms with Crippen LogP contribution in [0.1, 0.15) is 20.3 Å². The second-order valence-electron chi connectivity index (χ2n) is 6.21. The fourth-order valence-electron chi connectivity index (χ4n) is 3.19. The van der Waals surface area contributed by atoms with Crippen molar-refractivity contribution < 1.29 is 9.53 Å². The van der Waals surface area contributed by atoms with Crippen LogP contribution in [0.25, 0.3) is 10.8 Å². The number of hydrogen-bond acceptors (Lipinski definition) is 3. The van der Waals surface area contributed by atoms with E-state index in [0.29, 0.717) is 19.2 Å². The lowest BCUT2D eigenvalue weighted by molar-refractivity contribution is -0.121. The molecule has 1 heterocycles. The average molecular weight is 312 g/mol. The molecule has 0 unspecified atom stereocenters. The van der Waals surface area contributed by atoms with E-state index in [-0.39, 0.29) is 12.0 Å². The number of nitrogens with one attached hydrogen (secondary N) is 1.